The minimum atomic E-state index is -1.00. The molecule has 5 atom stereocenters. The van der Waals surface area contributed by atoms with Crippen LogP contribution in [-0.4, -0.2) is 69.8 Å². The zero-order valence-corrected chi connectivity index (χ0v) is 19.3. The summed E-state index contributed by atoms with van der Waals surface area (Å²) >= 11 is 0. The van der Waals surface area contributed by atoms with Gasteiger partial charge in [0.25, 0.3) is 0 Å². The number of aromatic hydroxyl groups is 1. The smallest absolute Gasteiger partial charge is 0.246 e. The average molecular weight is 463 g/mol. The number of aliphatic hydroxyl groups is 1. The van der Waals surface area contributed by atoms with E-state index in [-0.39, 0.29) is 23.7 Å². The Hall–Kier alpha value is -3.03. The number of rotatable bonds is 5. The fourth-order valence-corrected chi connectivity index (χ4v) is 7.20. The molecule has 7 nitrogen and oxygen atoms in total. The van der Waals surface area contributed by atoms with Gasteiger partial charge in [-0.2, -0.15) is 0 Å². The first-order chi connectivity index (χ1) is 16.4. The Morgan fingerprint density at radius 1 is 1.35 bits per heavy atom. The Labute approximate surface area is 198 Å². The molecule has 1 amide bonds. The molecule has 4 aliphatic rings. The second-order valence-electron chi connectivity index (χ2n) is 10.1. The number of phenols is 1. The molecule has 2 aliphatic heterocycles. The maximum Gasteiger partial charge on any atom is 0.246 e. The number of piperidine rings is 1. The van der Waals surface area contributed by atoms with Crippen molar-refractivity contribution in [1.82, 2.24) is 9.80 Å². The monoisotopic (exact) mass is 462 g/mol. The van der Waals surface area contributed by atoms with Crippen LogP contribution in [0.15, 0.2) is 53.9 Å². The quantitative estimate of drug-likeness (QED) is 0.525. The second-order valence-corrected chi connectivity index (χ2v) is 10.1. The van der Waals surface area contributed by atoms with Crippen molar-refractivity contribution in [1.29, 1.82) is 0 Å². The van der Waals surface area contributed by atoms with Gasteiger partial charge in [0.1, 0.15) is 6.10 Å². The molecule has 1 aromatic carbocycles. The van der Waals surface area contributed by atoms with E-state index >= 15 is 0 Å². The van der Waals surface area contributed by atoms with Gasteiger partial charge in [0, 0.05) is 36.8 Å². The molecule has 34 heavy (non-hydrogen) atoms. The van der Waals surface area contributed by atoms with Gasteiger partial charge in [-0.05, 0) is 56.0 Å². The van der Waals surface area contributed by atoms with Crippen LogP contribution in [0.25, 0.3) is 6.08 Å². The maximum atomic E-state index is 13.1. The van der Waals surface area contributed by atoms with Crippen molar-refractivity contribution in [2.45, 2.75) is 54.9 Å². The predicted octanol–water partition coefficient (Wildman–Crippen LogP) is 2.87. The minimum absolute atomic E-state index is 0.0590. The van der Waals surface area contributed by atoms with Crippen molar-refractivity contribution in [3.05, 3.63) is 66.1 Å². The van der Waals surface area contributed by atoms with E-state index in [1.54, 1.807) is 48.8 Å². The molecule has 0 radical (unpaired) electrons. The number of likely N-dealkylation sites (N-methyl/N-ethyl adjacent to an activating group) is 1. The molecular weight excluding hydrogens is 432 g/mol. The molecule has 1 saturated heterocycles. The molecule has 2 bridgehead atoms. The van der Waals surface area contributed by atoms with Crippen molar-refractivity contribution < 1.29 is 24.2 Å². The van der Waals surface area contributed by atoms with Crippen LogP contribution in [0, 0.1) is 0 Å². The highest BCUT2D eigenvalue weighted by Crippen LogP contribution is 2.65. The third-order valence-electron chi connectivity index (χ3n) is 8.71. The van der Waals surface area contributed by atoms with Crippen LogP contribution < -0.4 is 4.74 Å². The number of phenolic OH excluding ortho intramolecular Hbond substituents is 1. The summed E-state index contributed by atoms with van der Waals surface area (Å²) in [5, 5.41) is 23.1. The van der Waals surface area contributed by atoms with E-state index in [1.165, 1.54) is 0 Å². The van der Waals surface area contributed by atoms with E-state index in [2.05, 4.69) is 11.5 Å². The highest BCUT2D eigenvalue weighted by Gasteiger charge is 2.73. The Bertz CT molecular complexity index is 1170. The number of ether oxygens (including phenoxy) is 1. The summed E-state index contributed by atoms with van der Waals surface area (Å²) in [4.78, 5) is 17.2. The lowest BCUT2D eigenvalue weighted by atomic mass is 9.48. The third kappa shape index (κ3) is 2.68. The van der Waals surface area contributed by atoms with Gasteiger partial charge in [-0.1, -0.05) is 12.1 Å². The van der Waals surface area contributed by atoms with Gasteiger partial charge >= 0.3 is 0 Å². The number of furan rings is 1. The zero-order chi connectivity index (χ0) is 23.7. The number of carbonyl (C=O) groups excluding carboxylic acids is 1. The SMILES string of the molecule is C=CCN1CC[C@]23c4c5ccc(O)c4OC2C(N(C)C(=O)/C=C\c2ccoc2)CC[C@@]3(O)[C@H]1C5. The second kappa shape index (κ2) is 7.48. The van der Waals surface area contributed by atoms with Gasteiger partial charge in [-0.3, -0.25) is 9.69 Å². The summed E-state index contributed by atoms with van der Waals surface area (Å²) in [7, 11) is 1.80. The minimum Gasteiger partial charge on any atom is -0.504 e. The topological polar surface area (TPSA) is 86.4 Å². The van der Waals surface area contributed by atoms with E-state index < -0.39 is 17.1 Å². The lowest BCUT2D eigenvalue weighted by molar-refractivity contribution is -0.198. The summed E-state index contributed by atoms with van der Waals surface area (Å²) in [6.45, 7) is 5.44. The molecule has 178 valence electrons. The maximum absolute atomic E-state index is 13.1. The van der Waals surface area contributed by atoms with Crippen LogP contribution in [0.2, 0.25) is 0 Å². The fraction of sp³-hybridized carbons (Fsp3) is 0.444. The first-order valence-electron chi connectivity index (χ1n) is 12.0. The highest BCUT2D eigenvalue weighted by atomic mass is 16.5. The lowest BCUT2D eigenvalue weighted by Crippen LogP contribution is -2.78. The summed E-state index contributed by atoms with van der Waals surface area (Å²) in [5.41, 5.74) is 1.23. The Morgan fingerprint density at radius 2 is 2.21 bits per heavy atom. The first-order valence-corrected chi connectivity index (χ1v) is 12.0. The number of likely N-dealkylation sites (tertiary alicyclic amines) is 1. The third-order valence-corrected chi connectivity index (χ3v) is 8.71. The first kappa shape index (κ1) is 21.5. The number of amides is 1. The summed E-state index contributed by atoms with van der Waals surface area (Å²) in [6.07, 6.45) is 10.5. The summed E-state index contributed by atoms with van der Waals surface area (Å²) < 4.78 is 11.6. The summed E-state index contributed by atoms with van der Waals surface area (Å²) in [6, 6.07) is 5.17. The van der Waals surface area contributed by atoms with Gasteiger partial charge < -0.3 is 24.3 Å². The Morgan fingerprint density at radius 3 is 2.97 bits per heavy atom. The Kier molecular flexibility index (Phi) is 4.73. The van der Waals surface area contributed by atoms with Gasteiger partial charge in [-0.15, -0.1) is 6.58 Å². The molecule has 2 aliphatic carbocycles. The molecule has 2 N–H and O–H groups in total. The molecular formula is C27H30N2O5. The van der Waals surface area contributed by atoms with Crippen molar-refractivity contribution in [3.8, 4) is 11.5 Å². The predicted molar refractivity (Wildman–Crippen MR) is 127 cm³/mol. The molecule has 6 rings (SSSR count). The van der Waals surface area contributed by atoms with Gasteiger partial charge in [-0.25, -0.2) is 0 Å². The van der Waals surface area contributed by atoms with Crippen LogP contribution in [-0.2, 0) is 16.6 Å². The van der Waals surface area contributed by atoms with Gasteiger partial charge in [0.05, 0.1) is 29.6 Å². The van der Waals surface area contributed by atoms with E-state index in [9.17, 15) is 15.0 Å². The van der Waals surface area contributed by atoms with E-state index in [0.717, 1.165) is 29.8 Å². The van der Waals surface area contributed by atoms with Crippen molar-refractivity contribution in [3.63, 3.8) is 0 Å². The highest BCUT2D eigenvalue weighted by molar-refractivity contribution is 5.91. The molecule has 2 unspecified atom stereocenters. The molecule has 2 fully saturated rings. The van der Waals surface area contributed by atoms with Crippen LogP contribution in [0.4, 0.5) is 0 Å². The number of hydrogen-bond donors (Lipinski definition) is 2. The molecule has 1 aromatic heterocycles. The van der Waals surface area contributed by atoms with Crippen LogP contribution >= 0.6 is 0 Å². The largest absolute Gasteiger partial charge is 0.504 e. The van der Waals surface area contributed by atoms with Crippen molar-refractivity contribution in [2.24, 2.45) is 0 Å². The van der Waals surface area contributed by atoms with Crippen LogP contribution in [0.5, 0.6) is 11.5 Å². The number of carbonyl (C=O) groups is 1. The zero-order valence-electron chi connectivity index (χ0n) is 19.3. The van der Waals surface area contributed by atoms with Crippen molar-refractivity contribution >= 4 is 12.0 Å². The normalized spacial score (nSPS) is 33.4. The van der Waals surface area contributed by atoms with Crippen LogP contribution in [0.1, 0.15) is 36.0 Å². The summed E-state index contributed by atoms with van der Waals surface area (Å²) in [5.74, 6) is 0.455. The fourth-order valence-electron chi connectivity index (χ4n) is 7.20. The van der Waals surface area contributed by atoms with Crippen molar-refractivity contribution in [2.75, 3.05) is 20.1 Å². The van der Waals surface area contributed by atoms with Gasteiger partial charge in [0.15, 0.2) is 11.5 Å². The van der Waals surface area contributed by atoms with E-state index in [0.29, 0.717) is 31.4 Å². The standard InChI is InChI=1S/C27H30N2O5/c1-3-12-29-13-11-26-23-18-5-6-20(30)24(23)34-25(26)19(8-10-27(26,32)21(29)15-18)28(2)22(31)7-4-17-9-14-33-16-17/h3-7,9,14,16,19,21,25,30,32H,1,8,10-13,15H2,2H3/b7-4-/t19?,21-,25?,26+,27-/m1/s1. The molecule has 1 spiro atoms. The molecule has 1 saturated carbocycles. The molecule has 7 heteroatoms. The lowest BCUT2D eigenvalue weighted by Gasteiger charge is -2.64. The van der Waals surface area contributed by atoms with Crippen LogP contribution in [0.3, 0.4) is 0 Å². The van der Waals surface area contributed by atoms with E-state index in [4.69, 9.17) is 9.15 Å². The number of nitrogens with zero attached hydrogens (tertiary/aromatic N) is 2. The number of hydrogen-bond acceptors (Lipinski definition) is 6. The Balaban J connectivity index is 1.41. The van der Waals surface area contributed by atoms with Gasteiger partial charge in [0.2, 0.25) is 5.91 Å². The average Bonchev–Trinajstić information content (AvgIpc) is 3.46. The number of benzene rings is 1. The molecule has 2 aromatic rings. The van der Waals surface area contributed by atoms with E-state index in [1.807, 2.05) is 12.1 Å². The molecule has 3 heterocycles.